The molecule has 0 aromatic heterocycles. The first kappa shape index (κ1) is 53.8. The van der Waals surface area contributed by atoms with E-state index in [1.165, 1.54) is 6.42 Å². The first-order valence-corrected chi connectivity index (χ1v) is 22.5. The lowest BCUT2D eigenvalue weighted by molar-refractivity contribution is -0.359. The summed E-state index contributed by atoms with van der Waals surface area (Å²) in [6, 6.07) is -0.832. The number of rotatable bonds is 32. The van der Waals surface area contributed by atoms with E-state index in [9.17, 15) is 45.6 Å². The van der Waals surface area contributed by atoms with Crippen molar-refractivity contribution in [3.8, 4) is 0 Å². The predicted octanol–water partition coefficient (Wildman–Crippen LogP) is 4.32. The largest absolute Gasteiger partial charge is 0.394 e. The molecule has 2 heterocycles. The van der Waals surface area contributed by atoms with Crippen LogP contribution in [0.3, 0.4) is 0 Å². The van der Waals surface area contributed by atoms with Crippen molar-refractivity contribution in [2.75, 3.05) is 19.8 Å². The summed E-state index contributed by atoms with van der Waals surface area (Å²) in [5, 5.41) is 85.8. The van der Waals surface area contributed by atoms with Gasteiger partial charge in [0, 0.05) is 6.42 Å². The van der Waals surface area contributed by atoms with Crippen LogP contribution in [0.2, 0.25) is 0 Å². The monoisotopic (exact) mass is 854 g/mol. The minimum atomic E-state index is -1.78. The van der Waals surface area contributed by atoms with E-state index in [1.54, 1.807) is 0 Å². The second-order valence-electron chi connectivity index (χ2n) is 15.8. The van der Waals surface area contributed by atoms with Crippen molar-refractivity contribution in [3.63, 3.8) is 0 Å². The highest BCUT2D eigenvalue weighted by Gasteiger charge is 2.51. The SMILES string of the molecule is CC/C=C\C/C=C\C/C=C\C/C=C\C/C=C\CCCCCCCCCC(=O)NC(COC1OC(CO)C(OC2OC(CO)C(O)C(O)C2O)C(O)C1O)C(O)CCCCC. The number of ether oxygens (including phenoxy) is 4. The van der Waals surface area contributed by atoms with Gasteiger partial charge in [-0.15, -0.1) is 0 Å². The number of unbranched alkanes of at least 4 members (excludes halogenated alkanes) is 9. The normalized spacial score (nSPS) is 28.8. The van der Waals surface area contributed by atoms with Gasteiger partial charge in [0.05, 0.1) is 32.0 Å². The van der Waals surface area contributed by atoms with Crippen molar-refractivity contribution in [1.82, 2.24) is 5.32 Å². The maximum absolute atomic E-state index is 13.0. The fourth-order valence-corrected chi connectivity index (χ4v) is 7.02. The number of aliphatic hydroxyl groups is 8. The van der Waals surface area contributed by atoms with Gasteiger partial charge in [-0.3, -0.25) is 4.79 Å². The molecule has 0 spiro atoms. The molecule has 14 nitrogen and oxygen atoms in total. The third kappa shape index (κ3) is 21.2. The van der Waals surface area contributed by atoms with Crippen molar-refractivity contribution in [1.29, 1.82) is 0 Å². The van der Waals surface area contributed by atoms with Crippen LogP contribution in [0.5, 0.6) is 0 Å². The third-order valence-electron chi connectivity index (χ3n) is 10.7. The Kier molecular flexibility index (Phi) is 29.9. The van der Waals surface area contributed by atoms with E-state index in [0.29, 0.717) is 12.8 Å². The van der Waals surface area contributed by atoms with Gasteiger partial charge in [0.2, 0.25) is 5.91 Å². The smallest absolute Gasteiger partial charge is 0.220 e. The van der Waals surface area contributed by atoms with E-state index in [0.717, 1.165) is 89.9 Å². The molecule has 0 aromatic carbocycles. The molecule has 0 aromatic rings. The maximum atomic E-state index is 13.0. The molecule has 12 unspecified atom stereocenters. The third-order valence-corrected chi connectivity index (χ3v) is 10.7. The van der Waals surface area contributed by atoms with Crippen LogP contribution in [0.25, 0.3) is 0 Å². The average Bonchev–Trinajstić information content (AvgIpc) is 3.24. The zero-order valence-electron chi connectivity index (χ0n) is 36.2. The van der Waals surface area contributed by atoms with E-state index in [4.69, 9.17) is 18.9 Å². The summed E-state index contributed by atoms with van der Waals surface area (Å²) in [4.78, 5) is 13.0. The van der Waals surface area contributed by atoms with Gasteiger partial charge < -0.3 is 65.1 Å². The summed E-state index contributed by atoms with van der Waals surface area (Å²) in [5.74, 6) is -0.235. The Labute approximate surface area is 358 Å². The number of aliphatic hydroxyl groups excluding tert-OH is 8. The second-order valence-corrected chi connectivity index (χ2v) is 15.8. The molecule has 2 aliphatic heterocycles. The lowest BCUT2D eigenvalue weighted by Gasteiger charge is -2.46. The van der Waals surface area contributed by atoms with E-state index < -0.39 is 86.8 Å². The van der Waals surface area contributed by atoms with Crippen LogP contribution in [0.1, 0.15) is 129 Å². The quantitative estimate of drug-likeness (QED) is 0.0340. The number of nitrogens with one attached hydrogen (secondary N) is 1. The summed E-state index contributed by atoms with van der Waals surface area (Å²) < 4.78 is 22.5. The molecular weight excluding hydrogens is 775 g/mol. The summed E-state index contributed by atoms with van der Waals surface area (Å²) in [6.07, 6.45) is 21.9. The first-order chi connectivity index (χ1) is 29.1. The standard InChI is InChI=1S/C46H79NO13/c1-3-5-7-8-9-10-11-12-13-14-15-16-17-18-19-20-21-22-23-24-25-26-28-30-38(51)47-34(35(50)29-27-6-4-2)33-57-45-43(56)41(54)44(37(32-49)59-45)60-46-42(55)40(53)39(52)36(31-48)58-46/h5,7,9-10,12-13,15-16,18-19,34-37,39-46,48-50,52-56H,3-4,6,8,11,14,17,20-33H2,1-2H3,(H,47,51)/b7-5-,10-9-,13-12-,16-15-,19-18-. The summed E-state index contributed by atoms with van der Waals surface area (Å²) in [6.45, 7) is 2.51. The van der Waals surface area contributed by atoms with Gasteiger partial charge in [-0.05, 0) is 57.8 Å². The highest BCUT2D eigenvalue weighted by molar-refractivity contribution is 5.76. The number of carbonyl (C=O) groups is 1. The van der Waals surface area contributed by atoms with Gasteiger partial charge in [-0.2, -0.15) is 0 Å². The van der Waals surface area contributed by atoms with Crippen LogP contribution >= 0.6 is 0 Å². The van der Waals surface area contributed by atoms with Crippen LogP contribution in [0.4, 0.5) is 0 Å². The molecule has 0 aliphatic carbocycles. The number of hydrogen-bond donors (Lipinski definition) is 9. The Morgan fingerprint density at radius 2 is 1.15 bits per heavy atom. The predicted molar refractivity (Wildman–Crippen MR) is 230 cm³/mol. The van der Waals surface area contributed by atoms with Gasteiger partial charge in [0.1, 0.15) is 48.8 Å². The van der Waals surface area contributed by atoms with Gasteiger partial charge in [-0.25, -0.2) is 0 Å². The molecule has 346 valence electrons. The van der Waals surface area contributed by atoms with E-state index >= 15 is 0 Å². The van der Waals surface area contributed by atoms with Crippen LogP contribution < -0.4 is 5.32 Å². The number of hydrogen-bond acceptors (Lipinski definition) is 13. The number of amides is 1. The molecule has 0 radical (unpaired) electrons. The number of carbonyl (C=O) groups excluding carboxylic acids is 1. The fraction of sp³-hybridized carbons (Fsp3) is 0.761. The minimum Gasteiger partial charge on any atom is -0.394 e. The second kappa shape index (κ2) is 33.3. The van der Waals surface area contributed by atoms with Gasteiger partial charge in [0.15, 0.2) is 12.6 Å². The van der Waals surface area contributed by atoms with Crippen LogP contribution in [-0.4, -0.2) is 140 Å². The van der Waals surface area contributed by atoms with Crippen LogP contribution in [0, 0.1) is 0 Å². The molecule has 0 saturated carbocycles. The van der Waals surface area contributed by atoms with E-state index in [2.05, 4.69) is 73.0 Å². The topological polar surface area (TPSA) is 228 Å². The van der Waals surface area contributed by atoms with Crippen LogP contribution in [0.15, 0.2) is 60.8 Å². The molecular formula is C46H79NO13. The molecule has 2 rings (SSSR count). The Morgan fingerprint density at radius 1 is 0.617 bits per heavy atom. The Hall–Kier alpha value is -2.31. The van der Waals surface area contributed by atoms with Gasteiger partial charge >= 0.3 is 0 Å². The summed E-state index contributed by atoms with van der Waals surface area (Å²) >= 11 is 0. The Morgan fingerprint density at radius 3 is 1.73 bits per heavy atom. The lowest BCUT2D eigenvalue weighted by Crippen LogP contribution is -2.65. The zero-order chi connectivity index (χ0) is 44.0. The van der Waals surface area contributed by atoms with E-state index in [1.807, 2.05) is 6.92 Å². The maximum Gasteiger partial charge on any atom is 0.220 e. The first-order valence-electron chi connectivity index (χ1n) is 22.5. The highest BCUT2D eigenvalue weighted by Crippen LogP contribution is 2.30. The number of allylic oxidation sites excluding steroid dienone is 10. The Balaban J connectivity index is 1.69. The van der Waals surface area contributed by atoms with Crippen molar-refractivity contribution in [3.05, 3.63) is 60.8 Å². The summed E-state index contributed by atoms with van der Waals surface area (Å²) in [7, 11) is 0. The summed E-state index contributed by atoms with van der Waals surface area (Å²) in [5.41, 5.74) is 0. The van der Waals surface area contributed by atoms with Crippen molar-refractivity contribution in [2.24, 2.45) is 0 Å². The van der Waals surface area contributed by atoms with E-state index in [-0.39, 0.29) is 18.9 Å². The van der Waals surface area contributed by atoms with Crippen molar-refractivity contribution >= 4 is 5.91 Å². The molecule has 1 amide bonds. The molecule has 0 bridgehead atoms. The average molecular weight is 854 g/mol. The van der Waals surface area contributed by atoms with Crippen molar-refractivity contribution in [2.45, 2.75) is 203 Å². The molecule has 14 heteroatoms. The zero-order valence-corrected chi connectivity index (χ0v) is 36.2. The van der Waals surface area contributed by atoms with Gasteiger partial charge in [0.25, 0.3) is 0 Å². The minimum absolute atomic E-state index is 0.235. The molecule has 9 N–H and O–H groups in total. The fourth-order valence-electron chi connectivity index (χ4n) is 7.02. The molecule has 12 atom stereocenters. The molecule has 2 saturated heterocycles. The molecule has 60 heavy (non-hydrogen) atoms. The van der Waals surface area contributed by atoms with Gasteiger partial charge in [-0.1, -0.05) is 126 Å². The highest BCUT2D eigenvalue weighted by atomic mass is 16.7. The molecule has 2 aliphatic rings. The van der Waals surface area contributed by atoms with Crippen molar-refractivity contribution < 1.29 is 64.6 Å². The van der Waals surface area contributed by atoms with Crippen LogP contribution in [-0.2, 0) is 23.7 Å². The Bertz CT molecular complexity index is 1240. The lowest BCUT2D eigenvalue weighted by atomic mass is 9.97. The molecule has 2 fully saturated rings.